The number of hydrogen-bond acceptors (Lipinski definition) is 4. The highest BCUT2D eigenvalue weighted by Gasteiger charge is 2.28. The number of carbonyl (C=O) groups is 1. The van der Waals surface area contributed by atoms with Gasteiger partial charge in [-0.3, -0.25) is 4.90 Å². The minimum Gasteiger partial charge on any atom is -0.445 e. The van der Waals surface area contributed by atoms with E-state index < -0.39 is 0 Å². The van der Waals surface area contributed by atoms with E-state index in [1.54, 1.807) is 0 Å². The molecule has 0 unspecified atom stereocenters. The molecule has 2 aliphatic heterocycles. The van der Waals surface area contributed by atoms with Gasteiger partial charge >= 0.3 is 6.09 Å². The molecule has 1 aromatic carbocycles. The Morgan fingerprint density at radius 1 is 1.18 bits per heavy atom. The molecule has 2 aliphatic rings. The van der Waals surface area contributed by atoms with Crippen molar-refractivity contribution in [2.75, 3.05) is 45.9 Å². The molecule has 5 heteroatoms. The van der Waals surface area contributed by atoms with Gasteiger partial charge in [-0.25, -0.2) is 4.79 Å². The number of carbonyl (C=O) groups excluding carboxylic acids is 1. The second-order valence-electron chi connectivity index (χ2n) is 6.05. The highest BCUT2D eigenvalue weighted by Crippen LogP contribution is 2.19. The Morgan fingerprint density at radius 2 is 1.95 bits per heavy atom. The molecule has 0 aromatic heterocycles. The largest absolute Gasteiger partial charge is 0.445 e. The van der Waals surface area contributed by atoms with Crippen LogP contribution in [0.2, 0.25) is 0 Å². The second kappa shape index (κ2) is 7.61. The molecule has 2 saturated heterocycles. The molecular weight excluding hydrogens is 280 g/mol. The molecule has 0 spiro atoms. The average Bonchev–Trinajstić information content (AvgIpc) is 3.03. The molecule has 0 saturated carbocycles. The number of likely N-dealkylation sites (tertiary alicyclic amines) is 1. The van der Waals surface area contributed by atoms with Crippen molar-refractivity contribution >= 4 is 6.09 Å². The van der Waals surface area contributed by atoms with Crippen molar-refractivity contribution < 1.29 is 14.3 Å². The fraction of sp³-hybridized carbons (Fsp3) is 0.588. The van der Waals surface area contributed by atoms with Crippen molar-refractivity contribution in [3.8, 4) is 0 Å². The summed E-state index contributed by atoms with van der Waals surface area (Å²) < 4.78 is 10.8. The van der Waals surface area contributed by atoms with Gasteiger partial charge in [0.15, 0.2) is 0 Å². The fourth-order valence-electron chi connectivity index (χ4n) is 3.11. The summed E-state index contributed by atoms with van der Waals surface area (Å²) in [6.45, 7) is 6.71. The van der Waals surface area contributed by atoms with Crippen molar-refractivity contribution in [1.29, 1.82) is 0 Å². The lowest BCUT2D eigenvalue weighted by molar-refractivity contribution is 0.0309. The van der Waals surface area contributed by atoms with E-state index in [0.29, 0.717) is 12.5 Å². The molecule has 0 aliphatic carbocycles. The van der Waals surface area contributed by atoms with Gasteiger partial charge in [0.25, 0.3) is 0 Å². The maximum Gasteiger partial charge on any atom is 0.410 e. The molecule has 0 N–H and O–H groups in total. The maximum atomic E-state index is 12.1. The zero-order chi connectivity index (χ0) is 15.2. The summed E-state index contributed by atoms with van der Waals surface area (Å²) in [5, 5.41) is 0. The fourth-order valence-corrected chi connectivity index (χ4v) is 3.11. The predicted molar refractivity (Wildman–Crippen MR) is 83.6 cm³/mol. The van der Waals surface area contributed by atoms with Crippen LogP contribution in [-0.2, 0) is 16.1 Å². The van der Waals surface area contributed by atoms with Crippen LogP contribution >= 0.6 is 0 Å². The van der Waals surface area contributed by atoms with Gasteiger partial charge in [-0.15, -0.1) is 0 Å². The van der Waals surface area contributed by atoms with Gasteiger partial charge in [0.1, 0.15) is 6.61 Å². The average molecular weight is 304 g/mol. The highest BCUT2D eigenvalue weighted by molar-refractivity contribution is 5.68. The first-order valence-corrected chi connectivity index (χ1v) is 8.07. The minimum atomic E-state index is -0.187. The number of benzene rings is 1. The SMILES string of the molecule is O=C(OCc1ccccc1)N1CC[C@@H](CN2CCOCC2)C1. The first-order chi connectivity index (χ1) is 10.8. The van der Waals surface area contributed by atoms with E-state index in [0.717, 1.165) is 57.9 Å². The van der Waals surface area contributed by atoms with Gasteiger partial charge < -0.3 is 14.4 Å². The number of hydrogen-bond donors (Lipinski definition) is 0. The molecule has 0 bridgehead atoms. The van der Waals surface area contributed by atoms with E-state index in [1.807, 2.05) is 35.2 Å². The molecule has 1 aromatic rings. The topological polar surface area (TPSA) is 42.0 Å². The summed E-state index contributed by atoms with van der Waals surface area (Å²) in [5.74, 6) is 0.558. The summed E-state index contributed by atoms with van der Waals surface area (Å²) in [4.78, 5) is 16.4. The third-order valence-electron chi connectivity index (χ3n) is 4.37. The van der Waals surface area contributed by atoms with Crippen LogP contribution in [0.15, 0.2) is 30.3 Å². The van der Waals surface area contributed by atoms with Crippen LogP contribution in [0.4, 0.5) is 4.79 Å². The van der Waals surface area contributed by atoms with E-state index in [2.05, 4.69) is 4.90 Å². The Morgan fingerprint density at radius 3 is 2.73 bits per heavy atom. The first kappa shape index (κ1) is 15.3. The van der Waals surface area contributed by atoms with Crippen molar-refractivity contribution in [2.45, 2.75) is 13.0 Å². The van der Waals surface area contributed by atoms with Crippen LogP contribution in [-0.4, -0.2) is 61.8 Å². The Balaban J connectivity index is 1.40. The van der Waals surface area contributed by atoms with E-state index in [-0.39, 0.29) is 6.09 Å². The smallest absolute Gasteiger partial charge is 0.410 e. The summed E-state index contributed by atoms with van der Waals surface area (Å²) in [7, 11) is 0. The summed E-state index contributed by atoms with van der Waals surface area (Å²) in [5.41, 5.74) is 1.03. The lowest BCUT2D eigenvalue weighted by Gasteiger charge is -2.28. The molecule has 3 rings (SSSR count). The van der Waals surface area contributed by atoms with Crippen LogP contribution in [0.1, 0.15) is 12.0 Å². The Bertz CT molecular complexity index is 474. The molecule has 22 heavy (non-hydrogen) atoms. The van der Waals surface area contributed by atoms with Crippen LogP contribution < -0.4 is 0 Å². The molecule has 2 heterocycles. The first-order valence-electron chi connectivity index (χ1n) is 8.07. The van der Waals surface area contributed by atoms with Crippen molar-refractivity contribution in [3.63, 3.8) is 0 Å². The molecule has 2 fully saturated rings. The third-order valence-corrected chi connectivity index (χ3v) is 4.37. The van der Waals surface area contributed by atoms with E-state index in [4.69, 9.17) is 9.47 Å². The van der Waals surface area contributed by atoms with Crippen LogP contribution in [0.3, 0.4) is 0 Å². The quantitative estimate of drug-likeness (QED) is 0.853. The monoisotopic (exact) mass is 304 g/mol. The zero-order valence-electron chi connectivity index (χ0n) is 12.9. The Hall–Kier alpha value is -1.59. The maximum absolute atomic E-state index is 12.1. The van der Waals surface area contributed by atoms with Crippen LogP contribution in [0.25, 0.3) is 0 Å². The van der Waals surface area contributed by atoms with Gasteiger partial charge in [0.05, 0.1) is 13.2 Å². The molecular formula is C17H24N2O3. The zero-order valence-corrected chi connectivity index (χ0v) is 12.9. The van der Waals surface area contributed by atoms with Crippen molar-refractivity contribution in [1.82, 2.24) is 9.80 Å². The molecule has 120 valence electrons. The summed E-state index contributed by atoms with van der Waals surface area (Å²) >= 11 is 0. The van der Waals surface area contributed by atoms with Gasteiger partial charge in [0.2, 0.25) is 0 Å². The third kappa shape index (κ3) is 4.21. The van der Waals surface area contributed by atoms with Gasteiger partial charge in [-0.1, -0.05) is 30.3 Å². The van der Waals surface area contributed by atoms with E-state index >= 15 is 0 Å². The van der Waals surface area contributed by atoms with Gasteiger partial charge in [-0.2, -0.15) is 0 Å². The Kier molecular flexibility index (Phi) is 5.29. The number of amides is 1. The van der Waals surface area contributed by atoms with Crippen molar-refractivity contribution in [3.05, 3.63) is 35.9 Å². The number of morpholine rings is 1. The van der Waals surface area contributed by atoms with Crippen LogP contribution in [0, 0.1) is 5.92 Å². The predicted octanol–water partition coefficient (Wildman–Crippen LogP) is 1.98. The van der Waals surface area contributed by atoms with Gasteiger partial charge in [0, 0.05) is 32.7 Å². The Labute approximate surface area is 131 Å². The van der Waals surface area contributed by atoms with E-state index in [1.165, 1.54) is 0 Å². The summed E-state index contributed by atoms with van der Waals surface area (Å²) in [6.07, 6.45) is 0.881. The van der Waals surface area contributed by atoms with Crippen molar-refractivity contribution in [2.24, 2.45) is 5.92 Å². The molecule has 0 radical (unpaired) electrons. The molecule has 1 atom stereocenters. The van der Waals surface area contributed by atoms with E-state index in [9.17, 15) is 4.79 Å². The lowest BCUT2D eigenvalue weighted by atomic mass is 10.1. The number of nitrogens with zero attached hydrogens (tertiary/aromatic N) is 2. The number of rotatable bonds is 4. The summed E-state index contributed by atoms with van der Waals surface area (Å²) in [6, 6.07) is 9.81. The molecule has 5 nitrogen and oxygen atoms in total. The minimum absolute atomic E-state index is 0.187. The van der Waals surface area contributed by atoms with Crippen LogP contribution in [0.5, 0.6) is 0 Å². The highest BCUT2D eigenvalue weighted by atomic mass is 16.6. The lowest BCUT2D eigenvalue weighted by Crippen LogP contribution is -2.40. The number of ether oxygens (including phenoxy) is 2. The normalized spacial score (nSPS) is 22.7. The molecule has 1 amide bonds. The second-order valence-corrected chi connectivity index (χ2v) is 6.05. The standard InChI is InChI=1S/C17H24N2O3/c20-17(22-14-15-4-2-1-3-5-15)19-7-6-16(13-19)12-18-8-10-21-11-9-18/h1-5,16H,6-14H2/t16-/m0/s1. The van der Waals surface area contributed by atoms with Gasteiger partial charge in [-0.05, 0) is 17.9 Å².